The highest BCUT2D eigenvalue weighted by molar-refractivity contribution is 5.82. The Hall–Kier alpha value is -1.55. The monoisotopic (exact) mass is 291 g/mol. The molecule has 0 radical (unpaired) electrons. The van der Waals surface area contributed by atoms with Crippen LogP contribution in [0.4, 0.5) is 0 Å². The van der Waals surface area contributed by atoms with Crippen LogP contribution in [0.3, 0.4) is 0 Å². The van der Waals surface area contributed by atoms with Gasteiger partial charge < -0.3 is 9.84 Å². The Kier molecular flexibility index (Phi) is 5.23. The first-order chi connectivity index (χ1) is 10.1. The van der Waals surface area contributed by atoms with Crippen molar-refractivity contribution in [3.8, 4) is 5.75 Å². The fourth-order valence-corrected chi connectivity index (χ4v) is 3.11. The van der Waals surface area contributed by atoms with Crippen LogP contribution in [0.1, 0.15) is 51.0 Å². The summed E-state index contributed by atoms with van der Waals surface area (Å²) in [4.78, 5) is 12.3. The molecule has 116 valence electrons. The van der Waals surface area contributed by atoms with Gasteiger partial charge in [-0.3, -0.25) is 5.32 Å². The summed E-state index contributed by atoms with van der Waals surface area (Å²) in [5, 5.41) is 13.2. The summed E-state index contributed by atoms with van der Waals surface area (Å²) in [5.41, 5.74) is -0.193. The molecular formula is C17H25NO3. The molecule has 1 unspecified atom stereocenters. The number of nitrogens with one attached hydrogen (secondary N) is 1. The number of methoxy groups -OCH3 is 1. The highest BCUT2D eigenvalue weighted by atomic mass is 16.5. The molecule has 2 N–H and O–H groups in total. The lowest BCUT2D eigenvalue weighted by atomic mass is 9.89. The maximum absolute atomic E-state index is 12.3. The second kappa shape index (κ2) is 6.94. The first kappa shape index (κ1) is 15.8. The van der Waals surface area contributed by atoms with Crippen molar-refractivity contribution < 1.29 is 14.6 Å². The van der Waals surface area contributed by atoms with Crippen LogP contribution < -0.4 is 5.32 Å². The van der Waals surface area contributed by atoms with Gasteiger partial charge in [0.2, 0.25) is 0 Å². The third kappa shape index (κ3) is 3.76. The second-order valence-electron chi connectivity index (χ2n) is 6.00. The Morgan fingerprint density at radius 3 is 2.52 bits per heavy atom. The highest BCUT2D eigenvalue weighted by Gasteiger charge is 2.38. The maximum Gasteiger partial charge on any atom is 0.330 e. The van der Waals surface area contributed by atoms with E-state index in [0.717, 1.165) is 18.4 Å². The van der Waals surface area contributed by atoms with E-state index >= 15 is 0 Å². The normalized spacial score (nSPS) is 19.5. The molecule has 0 aliphatic heterocycles. The number of ether oxygens (including phenoxy) is 1. The number of phenols is 1. The summed E-state index contributed by atoms with van der Waals surface area (Å²) in [6.45, 7) is 1.83. The van der Waals surface area contributed by atoms with Crippen LogP contribution in [0.2, 0.25) is 0 Å². The molecule has 4 nitrogen and oxygen atoms in total. The van der Waals surface area contributed by atoms with Crippen LogP contribution in [-0.4, -0.2) is 24.2 Å². The number of benzene rings is 1. The maximum atomic E-state index is 12.3. The van der Waals surface area contributed by atoms with Gasteiger partial charge in [-0.2, -0.15) is 0 Å². The highest BCUT2D eigenvalue weighted by Crippen LogP contribution is 2.28. The van der Waals surface area contributed by atoms with Crippen LogP contribution in [-0.2, 0) is 15.1 Å². The average Bonchev–Trinajstić information content (AvgIpc) is 2.74. The van der Waals surface area contributed by atoms with Crippen LogP contribution >= 0.6 is 0 Å². The molecule has 1 aliphatic carbocycles. The number of rotatable bonds is 4. The fourth-order valence-electron chi connectivity index (χ4n) is 3.11. The first-order valence-electron chi connectivity index (χ1n) is 7.72. The molecule has 0 saturated heterocycles. The molecule has 4 heteroatoms. The van der Waals surface area contributed by atoms with Crippen molar-refractivity contribution in [1.82, 2.24) is 5.32 Å². The molecule has 1 aromatic rings. The van der Waals surface area contributed by atoms with Crippen molar-refractivity contribution in [1.29, 1.82) is 0 Å². The third-order valence-corrected chi connectivity index (χ3v) is 4.37. The molecule has 0 aromatic heterocycles. The second-order valence-corrected chi connectivity index (χ2v) is 6.00. The molecule has 0 bridgehead atoms. The Morgan fingerprint density at radius 2 is 1.95 bits per heavy atom. The summed E-state index contributed by atoms with van der Waals surface area (Å²) in [7, 11) is 1.40. The zero-order chi connectivity index (χ0) is 15.3. The van der Waals surface area contributed by atoms with Crippen molar-refractivity contribution in [2.24, 2.45) is 0 Å². The minimum atomic E-state index is -0.928. The van der Waals surface area contributed by atoms with Crippen molar-refractivity contribution >= 4 is 5.97 Å². The van der Waals surface area contributed by atoms with E-state index in [4.69, 9.17) is 4.74 Å². The van der Waals surface area contributed by atoms with Gasteiger partial charge in [0, 0.05) is 6.04 Å². The van der Waals surface area contributed by atoms with E-state index in [2.05, 4.69) is 5.32 Å². The SMILES string of the molecule is COC(=O)C(C)(NC1CCCCCC1)c1cccc(O)c1. The predicted octanol–water partition coefficient (Wildman–Crippen LogP) is 3.09. The lowest BCUT2D eigenvalue weighted by molar-refractivity contribution is -0.148. The van der Waals surface area contributed by atoms with Gasteiger partial charge in [0.1, 0.15) is 11.3 Å². The summed E-state index contributed by atoms with van der Waals surface area (Å²) < 4.78 is 5.00. The molecule has 0 heterocycles. The summed E-state index contributed by atoms with van der Waals surface area (Å²) >= 11 is 0. The average molecular weight is 291 g/mol. The number of phenolic OH excluding ortho intramolecular Hbond substituents is 1. The van der Waals surface area contributed by atoms with Gasteiger partial charge in [-0.25, -0.2) is 4.79 Å². The molecule has 0 spiro atoms. The van der Waals surface area contributed by atoms with Gasteiger partial charge >= 0.3 is 5.97 Å². The Balaban J connectivity index is 2.26. The topological polar surface area (TPSA) is 58.6 Å². The largest absolute Gasteiger partial charge is 0.508 e. The standard InChI is InChI=1S/C17H25NO3/c1-17(16(20)21-2,13-8-7-11-15(19)12-13)18-14-9-5-3-4-6-10-14/h7-8,11-12,14,18-19H,3-6,9-10H2,1-2H3. The molecule has 21 heavy (non-hydrogen) atoms. The van der Waals surface area contributed by atoms with Crippen LogP contribution in [0.5, 0.6) is 5.75 Å². The van der Waals surface area contributed by atoms with Gasteiger partial charge in [-0.05, 0) is 37.5 Å². The van der Waals surface area contributed by atoms with E-state index in [1.54, 1.807) is 18.2 Å². The lowest BCUT2D eigenvalue weighted by Gasteiger charge is -2.33. The first-order valence-corrected chi connectivity index (χ1v) is 7.72. The minimum absolute atomic E-state index is 0.158. The van der Waals surface area contributed by atoms with Gasteiger partial charge in [0.05, 0.1) is 7.11 Å². The van der Waals surface area contributed by atoms with Gasteiger partial charge in [0.15, 0.2) is 0 Å². The van der Waals surface area contributed by atoms with Crippen molar-refractivity contribution in [3.63, 3.8) is 0 Å². The number of carbonyl (C=O) groups excluding carboxylic acids is 1. The smallest absolute Gasteiger partial charge is 0.330 e. The van der Waals surface area contributed by atoms with Crippen LogP contribution in [0.15, 0.2) is 24.3 Å². The van der Waals surface area contributed by atoms with E-state index in [1.165, 1.54) is 32.8 Å². The quantitative estimate of drug-likeness (QED) is 0.661. The lowest BCUT2D eigenvalue weighted by Crippen LogP contribution is -2.51. The summed E-state index contributed by atoms with van der Waals surface area (Å²) in [5.74, 6) is -0.164. The van der Waals surface area contributed by atoms with E-state index < -0.39 is 5.54 Å². The van der Waals surface area contributed by atoms with Crippen molar-refractivity contribution in [2.45, 2.75) is 57.0 Å². The summed E-state index contributed by atoms with van der Waals surface area (Å²) in [6.07, 6.45) is 7.05. The van der Waals surface area contributed by atoms with Crippen LogP contribution in [0, 0.1) is 0 Å². The Bertz CT molecular complexity index is 481. The minimum Gasteiger partial charge on any atom is -0.508 e. The molecule has 1 atom stereocenters. The van der Waals surface area contributed by atoms with Gasteiger partial charge in [-0.15, -0.1) is 0 Å². The molecular weight excluding hydrogens is 266 g/mol. The molecule has 1 saturated carbocycles. The Morgan fingerprint density at radius 1 is 1.29 bits per heavy atom. The Labute approximate surface area is 126 Å². The number of carbonyl (C=O) groups is 1. The van der Waals surface area contributed by atoms with Crippen molar-refractivity contribution in [2.75, 3.05) is 7.11 Å². The molecule has 1 aromatic carbocycles. The number of hydrogen-bond acceptors (Lipinski definition) is 4. The summed E-state index contributed by atoms with van der Waals surface area (Å²) in [6, 6.07) is 7.13. The fraction of sp³-hybridized carbons (Fsp3) is 0.588. The third-order valence-electron chi connectivity index (χ3n) is 4.37. The van der Waals surface area contributed by atoms with E-state index in [-0.39, 0.29) is 11.7 Å². The number of esters is 1. The molecule has 2 rings (SSSR count). The number of hydrogen-bond donors (Lipinski definition) is 2. The van der Waals surface area contributed by atoms with E-state index in [9.17, 15) is 9.90 Å². The molecule has 0 amide bonds. The van der Waals surface area contributed by atoms with Gasteiger partial charge in [-0.1, -0.05) is 37.8 Å². The van der Waals surface area contributed by atoms with Crippen molar-refractivity contribution in [3.05, 3.63) is 29.8 Å². The molecule has 1 aliphatic rings. The zero-order valence-electron chi connectivity index (χ0n) is 12.9. The van der Waals surface area contributed by atoms with Gasteiger partial charge in [0.25, 0.3) is 0 Å². The zero-order valence-corrected chi connectivity index (χ0v) is 12.9. The number of aromatic hydroxyl groups is 1. The van der Waals surface area contributed by atoms with E-state index in [0.29, 0.717) is 6.04 Å². The van der Waals surface area contributed by atoms with E-state index in [1.807, 2.05) is 13.0 Å². The molecule has 1 fully saturated rings. The van der Waals surface area contributed by atoms with Crippen LogP contribution in [0.25, 0.3) is 0 Å². The predicted molar refractivity (Wildman–Crippen MR) is 82.1 cm³/mol.